The number of pyridine rings is 1. The third-order valence-electron chi connectivity index (χ3n) is 8.10. The van der Waals surface area contributed by atoms with E-state index in [2.05, 4.69) is 107 Å². The van der Waals surface area contributed by atoms with E-state index in [9.17, 15) is 5.26 Å². The number of rotatable bonds is 11. The monoisotopic (exact) mass is 551 g/mol. The van der Waals surface area contributed by atoms with Crippen LogP contribution in [0.3, 0.4) is 0 Å². The molecule has 0 saturated carbocycles. The number of hydrogen-bond acceptors (Lipinski definition) is 3. The van der Waals surface area contributed by atoms with Gasteiger partial charge in [-0.3, -0.25) is 4.98 Å². The lowest BCUT2D eigenvalue weighted by Crippen LogP contribution is -2.06. The number of hydrogen-bond donors (Lipinski definition) is 1. The molecule has 212 valence electrons. The molecule has 1 N–H and O–H groups in total. The van der Waals surface area contributed by atoms with Crippen LogP contribution < -0.4 is 5.32 Å². The molecule has 0 aliphatic carbocycles. The normalized spacial score (nSPS) is 10.7. The van der Waals surface area contributed by atoms with Crippen molar-refractivity contribution in [3.05, 3.63) is 136 Å². The van der Waals surface area contributed by atoms with Gasteiger partial charge in [-0.2, -0.15) is 5.26 Å². The molecule has 3 heteroatoms. The Morgan fingerprint density at radius 2 is 1.69 bits per heavy atom. The Bertz CT molecular complexity index is 1710. The Hall–Kier alpha value is -4.68. The summed E-state index contributed by atoms with van der Waals surface area (Å²) in [5.74, 6) is 0. The van der Waals surface area contributed by atoms with Crippen LogP contribution >= 0.6 is 0 Å². The van der Waals surface area contributed by atoms with Crippen LogP contribution in [0.1, 0.15) is 76.0 Å². The first-order valence-electron chi connectivity index (χ1n) is 14.7. The second-order valence-corrected chi connectivity index (χ2v) is 11.0. The van der Waals surface area contributed by atoms with E-state index in [4.69, 9.17) is 4.98 Å². The van der Waals surface area contributed by atoms with Gasteiger partial charge < -0.3 is 5.32 Å². The zero-order valence-corrected chi connectivity index (χ0v) is 25.7. The molecule has 0 aliphatic heterocycles. The minimum absolute atomic E-state index is 0.612. The highest BCUT2D eigenvalue weighted by Gasteiger charge is 2.16. The average molecular weight is 552 g/mol. The van der Waals surface area contributed by atoms with Crippen LogP contribution in [0.4, 0.5) is 5.69 Å². The largest absolute Gasteiger partial charge is 0.354 e. The Kier molecular flexibility index (Phi) is 9.60. The highest BCUT2D eigenvalue weighted by molar-refractivity contribution is 5.84. The number of allylic oxidation sites excluding steroid dienone is 1. The summed E-state index contributed by atoms with van der Waals surface area (Å²) in [4.78, 5) is 4.79. The topological polar surface area (TPSA) is 48.7 Å². The lowest BCUT2D eigenvalue weighted by atomic mass is 9.87. The number of anilines is 1. The van der Waals surface area contributed by atoms with Gasteiger partial charge in [0.05, 0.1) is 23.0 Å². The number of nitrogens with one attached hydrogen (secondary N) is 1. The minimum atomic E-state index is 0.612. The van der Waals surface area contributed by atoms with Crippen molar-refractivity contribution >= 4 is 23.0 Å². The molecule has 0 fully saturated rings. The summed E-state index contributed by atoms with van der Waals surface area (Å²) in [5, 5.41) is 13.4. The molecular weight excluding hydrogens is 510 g/mol. The van der Waals surface area contributed by atoms with Crippen LogP contribution in [-0.4, -0.2) is 4.98 Å². The van der Waals surface area contributed by atoms with Crippen molar-refractivity contribution in [1.82, 2.24) is 4.98 Å². The van der Waals surface area contributed by atoms with Crippen molar-refractivity contribution in [1.29, 1.82) is 5.26 Å². The molecule has 4 aromatic rings. The first-order valence-corrected chi connectivity index (χ1v) is 14.7. The van der Waals surface area contributed by atoms with Gasteiger partial charge in [-0.25, -0.2) is 0 Å². The third kappa shape index (κ3) is 6.29. The van der Waals surface area contributed by atoms with Gasteiger partial charge in [0.1, 0.15) is 0 Å². The van der Waals surface area contributed by atoms with E-state index >= 15 is 0 Å². The van der Waals surface area contributed by atoms with Gasteiger partial charge >= 0.3 is 0 Å². The Morgan fingerprint density at radius 3 is 2.36 bits per heavy atom. The molecule has 3 aromatic carbocycles. The minimum Gasteiger partial charge on any atom is -0.354 e. The predicted octanol–water partition coefficient (Wildman–Crippen LogP) is 10.0. The Morgan fingerprint density at radius 1 is 0.976 bits per heavy atom. The molecule has 0 unspecified atom stereocenters. The lowest BCUT2D eigenvalue weighted by Gasteiger charge is -2.19. The van der Waals surface area contributed by atoms with E-state index < -0.39 is 0 Å². The number of benzene rings is 3. The summed E-state index contributed by atoms with van der Waals surface area (Å²) in [6.07, 6.45) is 7.35. The first-order chi connectivity index (χ1) is 20.2. The van der Waals surface area contributed by atoms with Gasteiger partial charge in [-0.15, -0.1) is 0 Å². The fourth-order valence-corrected chi connectivity index (χ4v) is 5.69. The number of aryl methyl sites for hydroxylation is 3. The van der Waals surface area contributed by atoms with Crippen molar-refractivity contribution in [3.63, 3.8) is 0 Å². The number of nitrogens with zero attached hydrogens (tertiary/aromatic N) is 2. The summed E-state index contributed by atoms with van der Waals surface area (Å²) in [6, 6.07) is 21.4. The standard InChI is InChI=1S/C39H41N3/c1-9-14-32-22-31(11-3)24-41-39(32)29(8)42-38-18-13-17-36(28(38)7)35-16-12-15-34(27(35)6)26(5)20-37-25(4)19-30(10-2)21-33(37)23-40/h10,12-13,15-19,21-22,24,42H,2,5,8-9,11,14,20H2,1,3-4,6-7H3. The highest BCUT2D eigenvalue weighted by atomic mass is 14.9. The average Bonchev–Trinajstić information content (AvgIpc) is 2.99. The van der Waals surface area contributed by atoms with Gasteiger partial charge in [0.15, 0.2) is 0 Å². The molecule has 1 aromatic heterocycles. The molecule has 4 rings (SSSR count). The summed E-state index contributed by atoms with van der Waals surface area (Å²) in [5.41, 5.74) is 15.7. The summed E-state index contributed by atoms with van der Waals surface area (Å²) >= 11 is 0. The van der Waals surface area contributed by atoms with Gasteiger partial charge in [-0.05, 0) is 113 Å². The molecule has 0 spiro atoms. The Labute approximate surface area is 252 Å². The Balaban J connectivity index is 1.65. The van der Waals surface area contributed by atoms with Crippen molar-refractivity contribution in [3.8, 4) is 17.2 Å². The molecule has 0 saturated heterocycles. The summed E-state index contributed by atoms with van der Waals surface area (Å²) in [7, 11) is 0. The van der Waals surface area contributed by atoms with Crippen molar-refractivity contribution < 1.29 is 0 Å². The maximum Gasteiger partial charge on any atom is 0.0994 e. The van der Waals surface area contributed by atoms with E-state index in [1.807, 2.05) is 19.2 Å². The van der Waals surface area contributed by atoms with Crippen LogP contribution in [-0.2, 0) is 19.3 Å². The van der Waals surface area contributed by atoms with Gasteiger partial charge in [0.25, 0.3) is 0 Å². The maximum atomic E-state index is 9.82. The predicted molar refractivity (Wildman–Crippen MR) is 180 cm³/mol. The van der Waals surface area contributed by atoms with Gasteiger partial charge in [0, 0.05) is 11.9 Å². The van der Waals surface area contributed by atoms with Crippen LogP contribution in [0, 0.1) is 32.1 Å². The first kappa shape index (κ1) is 30.3. The second-order valence-electron chi connectivity index (χ2n) is 11.0. The molecule has 3 nitrogen and oxygen atoms in total. The van der Waals surface area contributed by atoms with Crippen molar-refractivity contribution in [2.24, 2.45) is 0 Å². The molecule has 0 atom stereocenters. The number of nitriles is 1. The van der Waals surface area contributed by atoms with E-state index in [1.165, 1.54) is 16.7 Å². The van der Waals surface area contributed by atoms with E-state index in [-0.39, 0.29) is 0 Å². The lowest BCUT2D eigenvalue weighted by molar-refractivity contribution is 0.900. The van der Waals surface area contributed by atoms with Crippen LogP contribution in [0.2, 0.25) is 0 Å². The smallest absolute Gasteiger partial charge is 0.0994 e. The fraction of sp³-hybridized carbons (Fsp3) is 0.231. The summed E-state index contributed by atoms with van der Waals surface area (Å²) in [6.45, 7) is 23.4. The summed E-state index contributed by atoms with van der Waals surface area (Å²) < 4.78 is 0. The molecular formula is C39H41N3. The zero-order valence-electron chi connectivity index (χ0n) is 25.7. The highest BCUT2D eigenvalue weighted by Crippen LogP contribution is 2.36. The molecule has 0 bridgehead atoms. The molecule has 0 radical (unpaired) electrons. The zero-order chi connectivity index (χ0) is 30.4. The maximum absolute atomic E-state index is 9.82. The van der Waals surface area contributed by atoms with Crippen LogP contribution in [0.15, 0.2) is 80.5 Å². The van der Waals surface area contributed by atoms with Crippen LogP contribution in [0.5, 0.6) is 0 Å². The quantitative estimate of drug-likeness (QED) is 0.202. The van der Waals surface area contributed by atoms with Gasteiger partial charge in [-0.1, -0.05) is 88.5 Å². The molecule has 1 heterocycles. The van der Waals surface area contributed by atoms with Crippen LogP contribution in [0.25, 0.3) is 28.5 Å². The van der Waals surface area contributed by atoms with E-state index in [1.54, 1.807) is 6.08 Å². The number of aromatic nitrogens is 1. The van der Waals surface area contributed by atoms with E-state index in [0.29, 0.717) is 12.0 Å². The second kappa shape index (κ2) is 13.3. The molecule has 0 aliphatic rings. The van der Waals surface area contributed by atoms with Crippen molar-refractivity contribution in [2.75, 3.05) is 5.32 Å². The van der Waals surface area contributed by atoms with E-state index in [0.717, 1.165) is 80.9 Å². The van der Waals surface area contributed by atoms with Crippen molar-refractivity contribution in [2.45, 2.75) is 60.3 Å². The third-order valence-corrected chi connectivity index (χ3v) is 8.10. The van der Waals surface area contributed by atoms with Gasteiger partial charge in [0.2, 0.25) is 0 Å². The molecule has 42 heavy (non-hydrogen) atoms. The fourth-order valence-electron chi connectivity index (χ4n) is 5.69. The molecule has 0 amide bonds. The SMILES string of the molecule is C=Cc1cc(C)c(CC(=C)c2cccc(-c3cccc(NC(=C)c4ncc(CC)cc4CCC)c3C)c2C)c(C#N)c1.